The summed E-state index contributed by atoms with van der Waals surface area (Å²) in [5.74, 6) is -1.26. The summed E-state index contributed by atoms with van der Waals surface area (Å²) >= 11 is 0. The Kier molecular flexibility index (Phi) is 2.72. The lowest BCUT2D eigenvalue weighted by Crippen LogP contribution is -2.17. The highest BCUT2D eigenvalue weighted by Crippen LogP contribution is 2.37. The fourth-order valence-electron chi connectivity index (χ4n) is 2.52. The minimum atomic E-state index is -0.793. The average molecular weight is 243 g/mol. The van der Waals surface area contributed by atoms with Crippen LogP contribution in [0, 0.1) is 5.92 Å². The van der Waals surface area contributed by atoms with E-state index in [0.717, 1.165) is 16.5 Å². The van der Waals surface area contributed by atoms with Gasteiger partial charge in [-0.05, 0) is 24.1 Å². The van der Waals surface area contributed by atoms with Crippen LogP contribution in [0.5, 0.6) is 0 Å². The zero-order valence-electron chi connectivity index (χ0n) is 9.74. The van der Waals surface area contributed by atoms with Gasteiger partial charge in [0.25, 0.3) is 0 Å². The van der Waals surface area contributed by atoms with Crippen molar-refractivity contribution in [2.24, 2.45) is 5.92 Å². The number of carbonyl (C=O) groups is 1. The topological polar surface area (TPSA) is 59.4 Å². The molecular formula is C14H13NO3. The number of aromatic nitrogens is 1. The summed E-state index contributed by atoms with van der Waals surface area (Å²) < 4.78 is 5.61. The number of aliphatic carboxylic acids is 1. The first-order valence-corrected chi connectivity index (χ1v) is 5.95. The van der Waals surface area contributed by atoms with Crippen molar-refractivity contribution in [3.63, 3.8) is 0 Å². The molecule has 2 aromatic rings. The van der Waals surface area contributed by atoms with Gasteiger partial charge in [0, 0.05) is 18.2 Å². The number of hydrogen-bond donors (Lipinski definition) is 1. The van der Waals surface area contributed by atoms with Crippen molar-refractivity contribution >= 4 is 16.9 Å². The smallest absolute Gasteiger partial charge is 0.309 e. The first-order chi connectivity index (χ1) is 8.77. The van der Waals surface area contributed by atoms with E-state index in [1.54, 1.807) is 6.20 Å². The Balaban J connectivity index is 2.11. The Morgan fingerprint density at radius 2 is 2.17 bits per heavy atom. The summed E-state index contributed by atoms with van der Waals surface area (Å²) in [5, 5.41) is 10.2. The van der Waals surface area contributed by atoms with Gasteiger partial charge in [-0.1, -0.05) is 18.2 Å². The lowest BCUT2D eigenvalue weighted by atomic mass is 9.93. The van der Waals surface area contributed by atoms with Gasteiger partial charge in [0.15, 0.2) is 0 Å². The van der Waals surface area contributed by atoms with E-state index in [9.17, 15) is 9.90 Å². The number of pyridine rings is 1. The molecule has 3 rings (SSSR count). The van der Waals surface area contributed by atoms with E-state index < -0.39 is 11.9 Å². The molecule has 2 atom stereocenters. The van der Waals surface area contributed by atoms with Gasteiger partial charge in [-0.25, -0.2) is 0 Å². The van der Waals surface area contributed by atoms with Crippen molar-refractivity contribution in [3.8, 4) is 0 Å². The van der Waals surface area contributed by atoms with Crippen LogP contribution in [0.15, 0.2) is 36.5 Å². The largest absolute Gasteiger partial charge is 0.481 e. The van der Waals surface area contributed by atoms with E-state index in [1.165, 1.54) is 0 Å². The van der Waals surface area contributed by atoms with Crippen molar-refractivity contribution < 1.29 is 14.6 Å². The predicted octanol–water partition coefficient (Wildman–Crippen LogP) is 2.40. The van der Waals surface area contributed by atoms with Gasteiger partial charge >= 0.3 is 5.97 Å². The second-order valence-corrected chi connectivity index (χ2v) is 4.44. The predicted molar refractivity (Wildman–Crippen MR) is 66.2 cm³/mol. The highest BCUT2D eigenvalue weighted by atomic mass is 16.5. The van der Waals surface area contributed by atoms with Gasteiger partial charge in [-0.2, -0.15) is 0 Å². The van der Waals surface area contributed by atoms with Gasteiger partial charge in [-0.15, -0.1) is 0 Å². The van der Waals surface area contributed by atoms with Crippen LogP contribution in [0.3, 0.4) is 0 Å². The van der Waals surface area contributed by atoms with E-state index in [1.807, 2.05) is 30.3 Å². The average Bonchev–Trinajstić information content (AvgIpc) is 2.87. The summed E-state index contributed by atoms with van der Waals surface area (Å²) in [6.45, 7) is 0.498. The number of para-hydroxylation sites is 1. The van der Waals surface area contributed by atoms with Crippen LogP contribution in [-0.4, -0.2) is 22.7 Å². The van der Waals surface area contributed by atoms with Gasteiger partial charge in [0.2, 0.25) is 0 Å². The van der Waals surface area contributed by atoms with Gasteiger partial charge in [0.05, 0.1) is 17.5 Å². The maximum atomic E-state index is 11.2. The Hall–Kier alpha value is -1.94. The Morgan fingerprint density at radius 3 is 3.00 bits per heavy atom. The molecule has 0 radical (unpaired) electrons. The minimum absolute atomic E-state index is 0.365. The van der Waals surface area contributed by atoms with Gasteiger partial charge in [-0.3, -0.25) is 9.78 Å². The number of rotatable bonds is 2. The van der Waals surface area contributed by atoms with E-state index in [0.29, 0.717) is 13.0 Å². The third-order valence-electron chi connectivity index (χ3n) is 3.40. The molecule has 1 saturated heterocycles. The Labute approximate surface area is 104 Å². The third-order valence-corrected chi connectivity index (χ3v) is 3.40. The third kappa shape index (κ3) is 1.75. The summed E-state index contributed by atoms with van der Waals surface area (Å²) in [4.78, 5) is 15.5. The summed E-state index contributed by atoms with van der Waals surface area (Å²) in [5.41, 5.74) is 1.79. The molecule has 0 bridgehead atoms. The lowest BCUT2D eigenvalue weighted by Gasteiger charge is -2.17. The molecular weight excluding hydrogens is 230 g/mol. The Bertz CT molecular complexity index is 591. The van der Waals surface area contributed by atoms with Crippen LogP contribution in [-0.2, 0) is 9.53 Å². The van der Waals surface area contributed by atoms with Crippen molar-refractivity contribution in [3.05, 3.63) is 42.1 Å². The lowest BCUT2D eigenvalue weighted by molar-refractivity contribution is -0.143. The molecule has 2 unspecified atom stereocenters. The summed E-state index contributed by atoms with van der Waals surface area (Å²) in [7, 11) is 0. The molecule has 4 nitrogen and oxygen atoms in total. The first-order valence-electron chi connectivity index (χ1n) is 5.95. The van der Waals surface area contributed by atoms with E-state index >= 15 is 0 Å². The summed E-state index contributed by atoms with van der Waals surface area (Å²) in [6.07, 6.45) is 1.91. The first kappa shape index (κ1) is 11.2. The van der Waals surface area contributed by atoms with E-state index in [-0.39, 0.29) is 6.10 Å². The molecule has 1 aliphatic heterocycles. The number of nitrogens with zero attached hydrogens (tertiary/aromatic N) is 1. The van der Waals surface area contributed by atoms with Crippen molar-refractivity contribution in [2.45, 2.75) is 12.5 Å². The van der Waals surface area contributed by atoms with Gasteiger partial charge < -0.3 is 9.84 Å². The molecule has 0 amide bonds. The highest BCUT2D eigenvalue weighted by Gasteiger charge is 2.35. The molecule has 1 aromatic carbocycles. The summed E-state index contributed by atoms with van der Waals surface area (Å²) in [6, 6.07) is 9.58. The second kappa shape index (κ2) is 4.38. The monoisotopic (exact) mass is 243 g/mol. The maximum absolute atomic E-state index is 11.2. The van der Waals surface area contributed by atoms with Crippen LogP contribution in [0.2, 0.25) is 0 Å². The fourth-order valence-corrected chi connectivity index (χ4v) is 2.52. The second-order valence-electron chi connectivity index (χ2n) is 4.44. The van der Waals surface area contributed by atoms with Crippen molar-refractivity contribution in [1.82, 2.24) is 4.98 Å². The van der Waals surface area contributed by atoms with Crippen LogP contribution in [0.1, 0.15) is 18.1 Å². The van der Waals surface area contributed by atoms with Crippen LogP contribution in [0.25, 0.3) is 10.9 Å². The van der Waals surface area contributed by atoms with Crippen LogP contribution < -0.4 is 0 Å². The fraction of sp³-hybridized carbons (Fsp3) is 0.286. The molecule has 0 spiro atoms. The molecule has 4 heteroatoms. The standard InChI is InChI=1S/C14H13NO3/c16-14(17)11-6-8-18-13(11)10-5-7-15-12-4-2-1-3-9(10)12/h1-5,7,11,13H,6,8H2,(H,16,17). The number of carboxylic acid groups (broad SMARTS) is 1. The molecule has 18 heavy (non-hydrogen) atoms. The SMILES string of the molecule is O=C(O)C1CCOC1c1ccnc2ccccc12. The van der Waals surface area contributed by atoms with Crippen molar-refractivity contribution in [1.29, 1.82) is 0 Å². The highest BCUT2D eigenvalue weighted by molar-refractivity contribution is 5.83. The molecule has 1 fully saturated rings. The van der Waals surface area contributed by atoms with E-state index in [4.69, 9.17) is 4.74 Å². The molecule has 2 heterocycles. The number of fused-ring (bicyclic) bond motifs is 1. The quantitative estimate of drug-likeness (QED) is 0.879. The zero-order valence-corrected chi connectivity index (χ0v) is 9.74. The van der Waals surface area contributed by atoms with Crippen molar-refractivity contribution in [2.75, 3.05) is 6.61 Å². The maximum Gasteiger partial charge on any atom is 0.309 e. The van der Waals surface area contributed by atoms with Crippen LogP contribution in [0.4, 0.5) is 0 Å². The normalized spacial score (nSPS) is 23.3. The molecule has 0 saturated carbocycles. The Morgan fingerprint density at radius 1 is 1.33 bits per heavy atom. The molecule has 1 aromatic heterocycles. The number of benzene rings is 1. The van der Waals surface area contributed by atoms with Gasteiger partial charge in [0.1, 0.15) is 0 Å². The van der Waals surface area contributed by atoms with Crippen LogP contribution >= 0.6 is 0 Å². The number of carboxylic acids is 1. The molecule has 1 aliphatic rings. The molecule has 92 valence electrons. The molecule has 1 N–H and O–H groups in total. The number of ether oxygens (including phenoxy) is 1. The van der Waals surface area contributed by atoms with E-state index in [2.05, 4.69) is 4.98 Å². The zero-order chi connectivity index (χ0) is 12.5. The molecule has 0 aliphatic carbocycles. The number of hydrogen-bond acceptors (Lipinski definition) is 3. The minimum Gasteiger partial charge on any atom is -0.481 e.